The molecule has 0 aliphatic heterocycles. The molecule has 2 aromatic heterocycles. The second kappa shape index (κ2) is 12.0. The van der Waals surface area contributed by atoms with Gasteiger partial charge in [-0.2, -0.15) is 0 Å². The van der Waals surface area contributed by atoms with E-state index < -0.39 is 0 Å². The normalized spacial score (nSPS) is 11.0. The van der Waals surface area contributed by atoms with Crippen molar-refractivity contribution in [2.24, 2.45) is 0 Å². The van der Waals surface area contributed by atoms with Crippen LogP contribution in [0.15, 0.2) is 164 Å². The highest BCUT2D eigenvalue weighted by atomic mass is 15.0. The summed E-state index contributed by atoms with van der Waals surface area (Å²) in [6.45, 7) is 0. The van der Waals surface area contributed by atoms with Gasteiger partial charge in [0.1, 0.15) is 0 Å². The van der Waals surface area contributed by atoms with Crippen LogP contribution in [0.2, 0.25) is 0 Å². The predicted octanol–water partition coefficient (Wildman–Crippen LogP) is 9.82. The molecule has 8 rings (SSSR count). The van der Waals surface area contributed by atoms with Crippen molar-refractivity contribution in [3.05, 3.63) is 164 Å². The zero-order chi connectivity index (χ0) is 30.7. The SMILES string of the molecule is c1ccc(-c2nc(-c3ccccc3)nc(-c3ccc(-c4ccc5nc(-c6ccccc6)c(-c6ccccc6)nc5c4)cc3)n2)cc1. The summed E-state index contributed by atoms with van der Waals surface area (Å²) in [5, 5.41) is 0. The summed E-state index contributed by atoms with van der Waals surface area (Å²) in [7, 11) is 0. The zero-order valence-corrected chi connectivity index (χ0v) is 24.8. The van der Waals surface area contributed by atoms with E-state index in [4.69, 9.17) is 24.9 Å². The second-order valence-electron chi connectivity index (χ2n) is 11.0. The monoisotopic (exact) mass is 589 g/mol. The Kier molecular flexibility index (Phi) is 7.09. The lowest BCUT2D eigenvalue weighted by Gasteiger charge is -2.12. The maximum absolute atomic E-state index is 5.16. The topological polar surface area (TPSA) is 64.5 Å². The van der Waals surface area contributed by atoms with Gasteiger partial charge in [0.2, 0.25) is 0 Å². The van der Waals surface area contributed by atoms with Gasteiger partial charge in [-0.05, 0) is 23.3 Å². The molecule has 6 aromatic carbocycles. The lowest BCUT2D eigenvalue weighted by atomic mass is 10.0. The van der Waals surface area contributed by atoms with Gasteiger partial charge in [-0.15, -0.1) is 0 Å². The largest absolute Gasteiger partial charge is 0.244 e. The van der Waals surface area contributed by atoms with E-state index >= 15 is 0 Å². The van der Waals surface area contributed by atoms with Crippen LogP contribution in [-0.4, -0.2) is 24.9 Å². The first-order chi connectivity index (χ1) is 22.8. The molecule has 46 heavy (non-hydrogen) atoms. The number of benzene rings is 6. The summed E-state index contributed by atoms with van der Waals surface area (Å²) in [6.07, 6.45) is 0. The number of fused-ring (bicyclic) bond motifs is 1. The van der Waals surface area contributed by atoms with Gasteiger partial charge in [0.05, 0.1) is 22.4 Å². The minimum absolute atomic E-state index is 0.629. The van der Waals surface area contributed by atoms with Crippen LogP contribution < -0.4 is 0 Å². The van der Waals surface area contributed by atoms with Crippen molar-refractivity contribution in [2.45, 2.75) is 0 Å². The molecule has 0 N–H and O–H groups in total. The van der Waals surface area contributed by atoms with Crippen molar-refractivity contribution in [3.63, 3.8) is 0 Å². The molecule has 0 radical (unpaired) electrons. The summed E-state index contributed by atoms with van der Waals surface area (Å²) in [6, 6.07) is 55.1. The fourth-order valence-corrected chi connectivity index (χ4v) is 5.58. The fourth-order valence-electron chi connectivity index (χ4n) is 5.58. The smallest absolute Gasteiger partial charge is 0.164 e. The molecule has 0 atom stereocenters. The average Bonchev–Trinajstić information content (AvgIpc) is 3.15. The summed E-state index contributed by atoms with van der Waals surface area (Å²) < 4.78 is 0. The third kappa shape index (κ3) is 5.42. The third-order valence-electron chi connectivity index (χ3n) is 7.93. The predicted molar refractivity (Wildman–Crippen MR) is 186 cm³/mol. The van der Waals surface area contributed by atoms with Crippen LogP contribution in [0.4, 0.5) is 0 Å². The van der Waals surface area contributed by atoms with Gasteiger partial charge in [0, 0.05) is 27.8 Å². The lowest BCUT2D eigenvalue weighted by molar-refractivity contribution is 1.07. The van der Waals surface area contributed by atoms with Crippen molar-refractivity contribution in [1.82, 2.24) is 24.9 Å². The fraction of sp³-hybridized carbons (Fsp3) is 0. The first-order valence-corrected chi connectivity index (χ1v) is 15.2. The second-order valence-corrected chi connectivity index (χ2v) is 11.0. The van der Waals surface area contributed by atoms with Gasteiger partial charge in [0.15, 0.2) is 17.5 Å². The van der Waals surface area contributed by atoms with Crippen LogP contribution in [0.1, 0.15) is 0 Å². The number of nitrogens with zero attached hydrogens (tertiary/aromatic N) is 5. The highest BCUT2D eigenvalue weighted by Gasteiger charge is 2.15. The molecule has 5 nitrogen and oxygen atoms in total. The van der Waals surface area contributed by atoms with Crippen molar-refractivity contribution >= 4 is 11.0 Å². The van der Waals surface area contributed by atoms with Crippen LogP contribution in [0, 0.1) is 0 Å². The van der Waals surface area contributed by atoms with Crippen LogP contribution in [0.5, 0.6) is 0 Å². The van der Waals surface area contributed by atoms with Crippen molar-refractivity contribution in [3.8, 4) is 67.8 Å². The van der Waals surface area contributed by atoms with Gasteiger partial charge in [-0.3, -0.25) is 0 Å². The summed E-state index contributed by atoms with van der Waals surface area (Å²) >= 11 is 0. The minimum Gasteiger partial charge on any atom is -0.244 e. The quantitative estimate of drug-likeness (QED) is 0.193. The van der Waals surface area contributed by atoms with Gasteiger partial charge in [-0.1, -0.05) is 152 Å². The first kappa shape index (κ1) is 27.2. The van der Waals surface area contributed by atoms with E-state index in [9.17, 15) is 0 Å². The standard InChI is InChI=1S/C41H27N5/c1-5-13-29(14-6-1)37-38(30-15-7-2-8-16-30)43-36-27-34(25-26-35(36)42-37)28-21-23-33(24-22-28)41-45-39(31-17-9-3-10-18-31)44-40(46-41)32-19-11-4-12-20-32/h1-27H. The molecular weight excluding hydrogens is 562 g/mol. The number of hydrogen-bond acceptors (Lipinski definition) is 5. The average molecular weight is 590 g/mol. The summed E-state index contributed by atoms with van der Waals surface area (Å²) in [5.74, 6) is 1.92. The van der Waals surface area contributed by atoms with E-state index in [0.29, 0.717) is 17.5 Å². The molecule has 0 unspecified atom stereocenters. The summed E-state index contributed by atoms with van der Waals surface area (Å²) in [5.41, 5.74) is 10.5. The van der Waals surface area contributed by atoms with E-state index in [0.717, 1.165) is 61.4 Å². The zero-order valence-electron chi connectivity index (χ0n) is 24.8. The number of hydrogen-bond donors (Lipinski definition) is 0. The Morgan fingerprint density at radius 1 is 0.239 bits per heavy atom. The molecule has 0 saturated carbocycles. The van der Waals surface area contributed by atoms with Crippen LogP contribution in [0.3, 0.4) is 0 Å². The Morgan fingerprint density at radius 3 is 1.04 bits per heavy atom. The molecule has 0 saturated heterocycles. The molecule has 8 aromatic rings. The molecule has 0 fully saturated rings. The Labute approximate surface area is 267 Å². The van der Waals surface area contributed by atoms with Gasteiger partial charge >= 0.3 is 0 Å². The highest BCUT2D eigenvalue weighted by molar-refractivity contribution is 5.89. The number of aromatic nitrogens is 5. The summed E-state index contributed by atoms with van der Waals surface area (Å²) in [4.78, 5) is 24.8. The minimum atomic E-state index is 0.629. The Balaban J connectivity index is 1.18. The van der Waals surface area contributed by atoms with E-state index in [-0.39, 0.29) is 0 Å². The molecule has 0 bridgehead atoms. The van der Waals surface area contributed by atoms with Crippen molar-refractivity contribution in [1.29, 1.82) is 0 Å². The maximum atomic E-state index is 5.16. The van der Waals surface area contributed by atoms with Crippen LogP contribution in [0.25, 0.3) is 78.8 Å². The number of rotatable bonds is 6. The van der Waals surface area contributed by atoms with Gasteiger partial charge in [0.25, 0.3) is 0 Å². The molecule has 0 amide bonds. The highest BCUT2D eigenvalue weighted by Crippen LogP contribution is 2.33. The molecule has 0 spiro atoms. The van der Waals surface area contributed by atoms with Crippen molar-refractivity contribution < 1.29 is 0 Å². The van der Waals surface area contributed by atoms with Crippen LogP contribution in [-0.2, 0) is 0 Å². The van der Waals surface area contributed by atoms with Crippen LogP contribution >= 0.6 is 0 Å². The van der Waals surface area contributed by atoms with Gasteiger partial charge < -0.3 is 0 Å². The van der Waals surface area contributed by atoms with E-state index in [1.54, 1.807) is 0 Å². The maximum Gasteiger partial charge on any atom is 0.164 e. The van der Waals surface area contributed by atoms with Crippen molar-refractivity contribution in [2.75, 3.05) is 0 Å². The molecule has 216 valence electrons. The Bertz CT molecular complexity index is 2210. The Morgan fingerprint density at radius 2 is 0.587 bits per heavy atom. The van der Waals surface area contributed by atoms with E-state index in [1.807, 2.05) is 97.1 Å². The third-order valence-corrected chi connectivity index (χ3v) is 7.93. The molecule has 0 aliphatic rings. The molecule has 5 heteroatoms. The van der Waals surface area contributed by atoms with Gasteiger partial charge in [-0.25, -0.2) is 24.9 Å². The Hall–Kier alpha value is -6.33. The van der Waals surface area contributed by atoms with E-state index in [2.05, 4.69) is 66.7 Å². The molecular formula is C41H27N5. The lowest BCUT2D eigenvalue weighted by Crippen LogP contribution is -2.00. The molecule has 2 heterocycles. The molecule has 0 aliphatic carbocycles. The first-order valence-electron chi connectivity index (χ1n) is 15.2. The van der Waals surface area contributed by atoms with E-state index in [1.165, 1.54) is 0 Å².